The van der Waals surface area contributed by atoms with Gasteiger partial charge in [0.1, 0.15) is 22.3 Å². The third-order valence-electron chi connectivity index (χ3n) is 3.47. The van der Waals surface area contributed by atoms with Gasteiger partial charge in [-0.05, 0) is 36.4 Å². The van der Waals surface area contributed by atoms with Crippen molar-refractivity contribution in [3.63, 3.8) is 0 Å². The molecule has 0 aliphatic carbocycles. The lowest BCUT2D eigenvalue weighted by Crippen LogP contribution is -2.32. The van der Waals surface area contributed by atoms with Gasteiger partial charge in [-0.1, -0.05) is 23.7 Å². The second kappa shape index (κ2) is 6.33. The van der Waals surface area contributed by atoms with Gasteiger partial charge in [-0.15, -0.1) is 0 Å². The van der Waals surface area contributed by atoms with E-state index < -0.39 is 17.6 Å². The van der Waals surface area contributed by atoms with Crippen LogP contribution in [0.4, 0.5) is 15.8 Å². The van der Waals surface area contributed by atoms with Crippen LogP contribution in [0.15, 0.2) is 59.3 Å². The van der Waals surface area contributed by atoms with E-state index >= 15 is 0 Å². The Morgan fingerprint density at radius 2 is 1.71 bits per heavy atom. The fourth-order valence-corrected chi connectivity index (χ4v) is 2.53. The van der Waals surface area contributed by atoms with Crippen molar-refractivity contribution in [2.75, 3.05) is 17.3 Å². The zero-order valence-electron chi connectivity index (χ0n) is 12.5. The third kappa shape index (κ3) is 2.72. The topological polar surface area (TPSA) is 58.6 Å². The van der Waals surface area contributed by atoms with Gasteiger partial charge in [-0.25, -0.2) is 9.29 Å². The Labute approximate surface area is 142 Å². The molecular formula is C17H12ClFN2O3. The smallest absolute Gasteiger partial charge is 0.283 e. The van der Waals surface area contributed by atoms with E-state index in [1.807, 2.05) is 0 Å². The number of halogens is 2. The molecule has 1 N–H and O–H groups in total. The van der Waals surface area contributed by atoms with Crippen molar-refractivity contribution in [2.45, 2.75) is 0 Å². The average molecular weight is 347 g/mol. The number of nitrogens with zero attached hydrogens (tertiary/aromatic N) is 1. The Morgan fingerprint density at radius 1 is 1.04 bits per heavy atom. The van der Waals surface area contributed by atoms with Gasteiger partial charge in [-0.3, -0.25) is 9.59 Å². The molecule has 5 nitrogen and oxygen atoms in total. The molecule has 7 heteroatoms. The van der Waals surface area contributed by atoms with Gasteiger partial charge >= 0.3 is 0 Å². The van der Waals surface area contributed by atoms with Crippen molar-refractivity contribution >= 4 is 34.8 Å². The van der Waals surface area contributed by atoms with Crippen LogP contribution in [0.3, 0.4) is 0 Å². The normalized spacial score (nSPS) is 14.4. The number of carbonyl (C=O) groups is 2. The highest BCUT2D eigenvalue weighted by Crippen LogP contribution is 2.35. The Balaban J connectivity index is 1.94. The maximum absolute atomic E-state index is 13.0. The van der Waals surface area contributed by atoms with Crippen LogP contribution >= 0.6 is 11.6 Å². The molecule has 0 aromatic heterocycles. The maximum atomic E-state index is 13.0. The second-order valence-corrected chi connectivity index (χ2v) is 5.32. The van der Waals surface area contributed by atoms with Gasteiger partial charge in [0.2, 0.25) is 0 Å². The minimum atomic E-state index is -0.657. The molecule has 0 spiro atoms. The minimum absolute atomic E-state index is 0.0702. The van der Waals surface area contributed by atoms with Crippen LogP contribution in [0.1, 0.15) is 0 Å². The first-order chi connectivity index (χ1) is 11.5. The summed E-state index contributed by atoms with van der Waals surface area (Å²) >= 11 is 6.04. The van der Waals surface area contributed by atoms with Crippen molar-refractivity contribution in [3.05, 3.63) is 65.1 Å². The van der Waals surface area contributed by atoms with Crippen LogP contribution in [0.2, 0.25) is 0 Å². The maximum Gasteiger partial charge on any atom is 0.283 e. The molecule has 24 heavy (non-hydrogen) atoms. The van der Waals surface area contributed by atoms with E-state index in [4.69, 9.17) is 16.3 Å². The van der Waals surface area contributed by atoms with E-state index in [1.165, 1.54) is 31.4 Å². The number of ether oxygens (including phenoxy) is 1. The third-order valence-corrected chi connectivity index (χ3v) is 3.82. The van der Waals surface area contributed by atoms with Gasteiger partial charge in [0.15, 0.2) is 0 Å². The Bertz CT molecular complexity index is 849. The monoisotopic (exact) mass is 346 g/mol. The van der Waals surface area contributed by atoms with E-state index in [-0.39, 0.29) is 10.7 Å². The van der Waals surface area contributed by atoms with E-state index in [0.717, 1.165) is 4.90 Å². The van der Waals surface area contributed by atoms with Crippen LogP contribution in [0.5, 0.6) is 5.75 Å². The van der Waals surface area contributed by atoms with Gasteiger partial charge < -0.3 is 10.1 Å². The van der Waals surface area contributed by atoms with Crippen molar-refractivity contribution in [1.82, 2.24) is 0 Å². The number of carbonyl (C=O) groups excluding carboxylic acids is 2. The summed E-state index contributed by atoms with van der Waals surface area (Å²) in [6, 6.07) is 12.0. The highest BCUT2D eigenvalue weighted by atomic mass is 35.5. The molecular weight excluding hydrogens is 335 g/mol. The van der Waals surface area contributed by atoms with Gasteiger partial charge in [0.05, 0.1) is 12.8 Å². The molecule has 0 saturated carbocycles. The van der Waals surface area contributed by atoms with Crippen LogP contribution in [-0.2, 0) is 9.59 Å². The summed E-state index contributed by atoms with van der Waals surface area (Å²) in [5.74, 6) is -1.31. The summed E-state index contributed by atoms with van der Waals surface area (Å²) in [7, 11) is 1.44. The molecule has 0 atom stereocenters. The lowest BCUT2D eigenvalue weighted by molar-refractivity contribution is -0.120. The van der Waals surface area contributed by atoms with E-state index in [0.29, 0.717) is 17.1 Å². The first-order valence-electron chi connectivity index (χ1n) is 6.97. The fourth-order valence-electron chi connectivity index (χ4n) is 2.32. The number of imide groups is 1. The number of anilines is 2. The van der Waals surface area contributed by atoms with Crippen LogP contribution < -0.4 is 15.0 Å². The average Bonchev–Trinajstić information content (AvgIpc) is 2.80. The molecule has 0 unspecified atom stereocenters. The molecule has 1 heterocycles. The molecule has 1 aliphatic rings. The molecule has 2 amide bonds. The molecule has 1 aliphatic heterocycles. The molecule has 0 fully saturated rings. The molecule has 2 aromatic carbocycles. The predicted molar refractivity (Wildman–Crippen MR) is 88.4 cm³/mol. The molecule has 0 saturated heterocycles. The first kappa shape index (κ1) is 16.0. The van der Waals surface area contributed by atoms with E-state index in [9.17, 15) is 14.0 Å². The largest absolute Gasteiger partial charge is 0.495 e. The summed E-state index contributed by atoms with van der Waals surface area (Å²) in [4.78, 5) is 26.0. The summed E-state index contributed by atoms with van der Waals surface area (Å²) in [5.41, 5.74) is 0.663. The zero-order chi connectivity index (χ0) is 17.3. The summed E-state index contributed by atoms with van der Waals surface area (Å²) in [6.07, 6.45) is 0. The van der Waals surface area contributed by atoms with Crippen molar-refractivity contribution in [1.29, 1.82) is 0 Å². The van der Waals surface area contributed by atoms with Gasteiger partial charge in [0.25, 0.3) is 11.8 Å². The highest BCUT2D eigenvalue weighted by molar-refractivity contribution is 6.53. The Kier molecular flexibility index (Phi) is 4.22. The van der Waals surface area contributed by atoms with Crippen molar-refractivity contribution in [3.8, 4) is 5.75 Å². The first-order valence-corrected chi connectivity index (χ1v) is 7.35. The zero-order valence-corrected chi connectivity index (χ0v) is 13.3. The Morgan fingerprint density at radius 3 is 2.38 bits per heavy atom. The molecule has 122 valence electrons. The van der Waals surface area contributed by atoms with Crippen molar-refractivity contribution < 1.29 is 18.7 Å². The highest BCUT2D eigenvalue weighted by Gasteiger charge is 2.40. The lowest BCUT2D eigenvalue weighted by Gasteiger charge is -2.17. The summed E-state index contributed by atoms with van der Waals surface area (Å²) < 4.78 is 18.2. The summed E-state index contributed by atoms with van der Waals surface area (Å²) in [6.45, 7) is 0. The molecule has 2 aromatic rings. The standard InChI is InChI=1S/C17H12ClFN2O3/c1-24-13-5-3-2-4-12(13)21-16(22)14(18)15(17(21)23)20-11-8-6-10(19)7-9-11/h2-9,20H,1H3. The predicted octanol–water partition coefficient (Wildman–Crippen LogP) is 3.27. The number of amides is 2. The van der Waals surface area contributed by atoms with Gasteiger partial charge in [-0.2, -0.15) is 0 Å². The number of hydrogen-bond donors (Lipinski definition) is 1. The molecule has 3 rings (SSSR count). The van der Waals surface area contributed by atoms with Crippen molar-refractivity contribution in [2.24, 2.45) is 0 Å². The number of hydrogen-bond acceptors (Lipinski definition) is 4. The Hall–Kier alpha value is -2.86. The van der Waals surface area contributed by atoms with Crippen LogP contribution in [-0.4, -0.2) is 18.9 Å². The minimum Gasteiger partial charge on any atom is -0.495 e. The number of para-hydroxylation sites is 2. The van der Waals surface area contributed by atoms with Crippen LogP contribution in [0.25, 0.3) is 0 Å². The SMILES string of the molecule is COc1ccccc1N1C(=O)C(Cl)=C(Nc2ccc(F)cc2)C1=O. The van der Waals surface area contributed by atoms with Crippen LogP contribution in [0, 0.1) is 5.82 Å². The van der Waals surface area contributed by atoms with Gasteiger partial charge in [0, 0.05) is 5.69 Å². The second-order valence-electron chi connectivity index (χ2n) is 4.94. The number of benzene rings is 2. The van der Waals surface area contributed by atoms with E-state index in [1.54, 1.807) is 24.3 Å². The quantitative estimate of drug-likeness (QED) is 0.863. The van der Waals surface area contributed by atoms with E-state index in [2.05, 4.69) is 5.32 Å². The number of methoxy groups -OCH3 is 1. The molecule has 0 bridgehead atoms. The molecule has 0 radical (unpaired) electrons. The number of nitrogens with one attached hydrogen (secondary N) is 1. The fraction of sp³-hybridized carbons (Fsp3) is 0.0588. The summed E-state index contributed by atoms with van der Waals surface area (Å²) in [5, 5.41) is 2.52. The number of rotatable bonds is 4. The lowest BCUT2D eigenvalue weighted by atomic mass is 10.2.